The third kappa shape index (κ3) is 5.56. The van der Waals surface area contributed by atoms with E-state index in [1.54, 1.807) is 24.3 Å². The Morgan fingerprint density at radius 3 is 2.17 bits per heavy atom. The zero-order chi connectivity index (χ0) is 21.7. The lowest BCUT2D eigenvalue weighted by molar-refractivity contribution is 0.262. The number of methoxy groups -OCH3 is 1. The smallest absolute Gasteiger partial charge is 0.323 e. The van der Waals surface area contributed by atoms with Crippen LogP contribution in [0.5, 0.6) is 5.75 Å². The number of anilines is 3. The van der Waals surface area contributed by atoms with Crippen molar-refractivity contribution < 1.29 is 17.9 Å². The van der Waals surface area contributed by atoms with E-state index in [-0.39, 0.29) is 15.6 Å². The van der Waals surface area contributed by atoms with E-state index >= 15 is 0 Å². The monoisotopic (exact) mass is 465 g/mol. The number of rotatable bonds is 6. The minimum Gasteiger partial charge on any atom is -0.497 e. The maximum absolute atomic E-state index is 12.5. The largest absolute Gasteiger partial charge is 0.497 e. The van der Waals surface area contributed by atoms with Gasteiger partial charge in [0.2, 0.25) is 0 Å². The van der Waals surface area contributed by atoms with Gasteiger partial charge in [-0.2, -0.15) is 0 Å². The molecule has 10 heteroatoms. The van der Waals surface area contributed by atoms with E-state index < -0.39 is 16.1 Å². The molecule has 7 nitrogen and oxygen atoms in total. The molecule has 3 rings (SSSR count). The fourth-order valence-electron chi connectivity index (χ4n) is 2.49. The number of sulfonamides is 1. The lowest BCUT2D eigenvalue weighted by Gasteiger charge is -2.11. The molecule has 156 valence electrons. The third-order valence-corrected chi connectivity index (χ3v) is 6.06. The maximum Gasteiger partial charge on any atom is 0.323 e. The molecule has 3 aromatic carbocycles. The Bertz CT molecular complexity index is 1170. The highest BCUT2D eigenvalue weighted by atomic mass is 35.5. The van der Waals surface area contributed by atoms with Gasteiger partial charge in [-0.1, -0.05) is 29.3 Å². The van der Waals surface area contributed by atoms with Gasteiger partial charge in [0.15, 0.2) is 0 Å². The molecule has 3 aromatic rings. The van der Waals surface area contributed by atoms with Crippen LogP contribution in [0.4, 0.5) is 21.9 Å². The molecule has 0 fully saturated rings. The summed E-state index contributed by atoms with van der Waals surface area (Å²) >= 11 is 11.8. The minimum absolute atomic E-state index is 0.0207. The van der Waals surface area contributed by atoms with Crippen LogP contribution in [0.3, 0.4) is 0 Å². The molecule has 0 aliphatic rings. The second kappa shape index (κ2) is 9.25. The van der Waals surface area contributed by atoms with Crippen LogP contribution in [0.2, 0.25) is 10.0 Å². The van der Waals surface area contributed by atoms with Gasteiger partial charge in [-0.15, -0.1) is 0 Å². The van der Waals surface area contributed by atoms with E-state index in [9.17, 15) is 13.2 Å². The Morgan fingerprint density at radius 2 is 1.50 bits per heavy atom. The van der Waals surface area contributed by atoms with E-state index in [0.29, 0.717) is 22.1 Å². The Hall–Kier alpha value is -2.94. The first kappa shape index (κ1) is 21.8. The summed E-state index contributed by atoms with van der Waals surface area (Å²) in [6.07, 6.45) is 0. The lowest BCUT2D eigenvalue weighted by atomic mass is 10.3. The topological polar surface area (TPSA) is 96.5 Å². The number of halogens is 2. The number of hydrogen-bond donors (Lipinski definition) is 3. The van der Waals surface area contributed by atoms with E-state index in [2.05, 4.69) is 15.4 Å². The second-order valence-electron chi connectivity index (χ2n) is 6.07. The van der Waals surface area contributed by atoms with Crippen molar-refractivity contribution >= 4 is 56.3 Å². The SMILES string of the molecule is COc1cccc(NC(=O)Nc2ccc(S(=O)(=O)Nc3ccc(Cl)c(Cl)c3)cc2)c1. The fourth-order valence-corrected chi connectivity index (χ4v) is 3.83. The molecule has 0 unspecified atom stereocenters. The third-order valence-electron chi connectivity index (χ3n) is 3.92. The molecule has 2 amide bonds. The quantitative estimate of drug-likeness (QED) is 0.450. The van der Waals surface area contributed by atoms with Crippen molar-refractivity contribution in [2.45, 2.75) is 4.90 Å². The summed E-state index contributed by atoms with van der Waals surface area (Å²) in [6.45, 7) is 0. The predicted molar refractivity (Wildman–Crippen MR) is 119 cm³/mol. The number of ether oxygens (including phenoxy) is 1. The van der Waals surface area contributed by atoms with Gasteiger partial charge in [0, 0.05) is 17.4 Å². The summed E-state index contributed by atoms with van der Waals surface area (Å²) < 4.78 is 32.6. The van der Waals surface area contributed by atoms with Crippen LogP contribution in [0, 0.1) is 0 Å². The molecule has 30 heavy (non-hydrogen) atoms. The molecular formula is C20H17Cl2N3O4S. The Morgan fingerprint density at radius 1 is 0.833 bits per heavy atom. The molecule has 0 aliphatic heterocycles. The van der Waals surface area contributed by atoms with Crippen molar-refractivity contribution in [3.8, 4) is 5.75 Å². The Balaban J connectivity index is 1.66. The Kier molecular flexibility index (Phi) is 6.71. The van der Waals surface area contributed by atoms with Crippen LogP contribution in [0.15, 0.2) is 71.6 Å². The van der Waals surface area contributed by atoms with Crippen LogP contribution in [0.1, 0.15) is 0 Å². The second-order valence-corrected chi connectivity index (χ2v) is 8.57. The average Bonchev–Trinajstić information content (AvgIpc) is 2.71. The molecule has 0 radical (unpaired) electrons. The summed E-state index contributed by atoms with van der Waals surface area (Å²) in [5.74, 6) is 0.608. The van der Waals surface area contributed by atoms with Gasteiger partial charge >= 0.3 is 6.03 Å². The zero-order valence-electron chi connectivity index (χ0n) is 15.6. The van der Waals surface area contributed by atoms with Crippen LogP contribution >= 0.6 is 23.2 Å². The molecule has 0 saturated carbocycles. The van der Waals surface area contributed by atoms with Gasteiger partial charge < -0.3 is 15.4 Å². The summed E-state index contributed by atoms with van der Waals surface area (Å²) in [6, 6.07) is 16.5. The van der Waals surface area contributed by atoms with Gasteiger partial charge in [-0.25, -0.2) is 13.2 Å². The van der Waals surface area contributed by atoms with Gasteiger partial charge in [0.05, 0.1) is 27.7 Å². The summed E-state index contributed by atoms with van der Waals surface area (Å²) in [4.78, 5) is 12.2. The molecule has 0 aromatic heterocycles. The standard InChI is InChI=1S/C20H17Cl2N3O4S/c1-29-16-4-2-3-14(11-16)24-20(26)23-13-5-8-17(9-6-13)30(27,28)25-15-7-10-18(21)19(22)12-15/h2-12,25H,1H3,(H2,23,24,26). The van der Waals surface area contributed by atoms with E-state index in [1.807, 2.05) is 0 Å². The number of amides is 2. The Labute approximate surface area is 184 Å². The summed E-state index contributed by atoms with van der Waals surface area (Å²) in [5, 5.41) is 5.86. The number of carbonyl (C=O) groups is 1. The molecule has 0 heterocycles. The maximum atomic E-state index is 12.5. The lowest BCUT2D eigenvalue weighted by Crippen LogP contribution is -2.19. The summed E-state index contributed by atoms with van der Waals surface area (Å²) in [7, 11) is -2.31. The van der Waals surface area contributed by atoms with Crippen molar-refractivity contribution in [2.24, 2.45) is 0 Å². The average molecular weight is 466 g/mol. The first-order valence-corrected chi connectivity index (χ1v) is 10.8. The van der Waals surface area contributed by atoms with Crippen molar-refractivity contribution in [1.82, 2.24) is 0 Å². The summed E-state index contributed by atoms with van der Waals surface area (Å²) in [5.41, 5.74) is 1.25. The van der Waals surface area contributed by atoms with Gasteiger partial charge in [-0.3, -0.25) is 4.72 Å². The first-order valence-electron chi connectivity index (χ1n) is 8.57. The van der Waals surface area contributed by atoms with Crippen LogP contribution < -0.4 is 20.1 Å². The number of hydrogen-bond acceptors (Lipinski definition) is 4. The van der Waals surface area contributed by atoms with Gasteiger partial charge in [-0.05, 0) is 54.6 Å². The van der Waals surface area contributed by atoms with Crippen molar-refractivity contribution in [3.63, 3.8) is 0 Å². The number of carbonyl (C=O) groups excluding carboxylic acids is 1. The first-order chi connectivity index (χ1) is 14.3. The highest BCUT2D eigenvalue weighted by Gasteiger charge is 2.15. The van der Waals surface area contributed by atoms with E-state index in [1.165, 1.54) is 49.6 Å². The number of benzene rings is 3. The molecule has 0 aliphatic carbocycles. The highest BCUT2D eigenvalue weighted by Crippen LogP contribution is 2.27. The molecule has 0 bridgehead atoms. The van der Waals surface area contributed by atoms with Crippen molar-refractivity contribution in [3.05, 3.63) is 76.8 Å². The van der Waals surface area contributed by atoms with Gasteiger partial charge in [0.1, 0.15) is 5.75 Å². The number of urea groups is 1. The molecule has 0 saturated heterocycles. The molecule has 0 atom stereocenters. The molecular weight excluding hydrogens is 449 g/mol. The van der Waals surface area contributed by atoms with Crippen molar-refractivity contribution in [2.75, 3.05) is 22.5 Å². The normalized spacial score (nSPS) is 10.9. The van der Waals surface area contributed by atoms with Crippen LogP contribution in [-0.2, 0) is 10.0 Å². The van der Waals surface area contributed by atoms with Crippen LogP contribution in [-0.4, -0.2) is 21.6 Å². The number of nitrogens with one attached hydrogen (secondary N) is 3. The van der Waals surface area contributed by atoms with Gasteiger partial charge in [0.25, 0.3) is 10.0 Å². The van der Waals surface area contributed by atoms with E-state index in [4.69, 9.17) is 27.9 Å². The minimum atomic E-state index is -3.84. The van der Waals surface area contributed by atoms with Crippen LogP contribution in [0.25, 0.3) is 0 Å². The zero-order valence-corrected chi connectivity index (χ0v) is 18.0. The van der Waals surface area contributed by atoms with Crippen molar-refractivity contribution in [1.29, 1.82) is 0 Å². The molecule has 3 N–H and O–H groups in total. The fraction of sp³-hybridized carbons (Fsp3) is 0.0500. The van der Waals surface area contributed by atoms with E-state index in [0.717, 1.165) is 0 Å². The predicted octanol–water partition coefficient (Wildman–Crippen LogP) is 5.45. The highest BCUT2D eigenvalue weighted by molar-refractivity contribution is 7.92. The molecule has 0 spiro atoms.